The molecule has 20 valence electrons. The van der Waals surface area contributed by atoms with E-state index in [4.69, 9.17) is 0 Å². The molecule has 3 heteroatoms. The standard InChI is InChI=1S/CH3OP.Na/c1-3-2;/h1H3;/q;-1/p+1. The van der Waals surface area contributed by atoms with Crippen LogP contribution in [0.1, 0.15) is 0 Å². The van der Waals surface area contributed by atoms with E-state index >= 15 is 0 Å². The van der Waals surface area contributed by atoms with Crippen molar-refractivity contribution in [1.82, 2.24) is 0 Å². The van der Waals surface area contributed by atoms with E-state index in [-0.39, 0.29) is 0 Å². The molecule has 4 heavy (non-hydrogen) atoms. The molecule has 0 aliphatic rings. The SMILES string of the molecule is C[PH](=O)[Na]. The van der Waals surface area contributed by atoms with Crippen LogP contribution >= 0.6 is 4.56 Å². The van der Waals surface area contributed by atoms with Gasteiger partial charge in [0.1, 0.15) is 0 Å². The van der Waals surface area contributed by atoms with Gasteiger partial charge >= 0.3 is 43.1 Å². The van der Waals surface area contributed by atoms with E-state index in [2.05, 4.69) is 0 Å². The second-order valence-corrected chi connectivity index (χ2v) is 6.95. The second-order valence-electron chi connectivity index (χ2n) is 0.908. The number of rotatable bonds is 0. The van der Waals surface area contributed by atoms with Crippen molar-refractivity contribution in [3.63, 3.8) is 0 Å². The van der Waals surface area contributed by atoms with E-state index in [1.54, 1.807) is 6.66 Å². The van der Waals surface area contributed by atoms with Gasteiger partial charge in [-0.05, 0) is 0 Å². The van der Waals surface area contributed by atoms with Crippen molar-refractivity contribution in [3.05, 3.63) is 0 Å². The van der Waals surface area contributed by atoms with Crippen LogP contribution in [0.3, 0.4) is 0 Å². The van der Waals surface area contributed by atoms with Gasteiger partial charge in [0.15, 0.2) is 0 Å². The zero-order valence-corrected chi connectivity index (χ0v) is 5.91. The fourth-order valence-corrected chi connectivity index (χ4v) is 0. The summed E-state index contributed by atoms with van der Waals surface area (Å²) in [5.74, 6) is 0. The monoisotopic (exact) mass is 86.0 g/mol. The van der Waals surface area contributed by atoms with Gasteiger partial charge in [-0.1, -0.05) is 0 Å². The molecule has 0 amide bonds. The summed E-state index contributed by atoms with van der Waals surface area (Å²) in [5, 5.41) is 0. The third-order valence-corrected chi connectivity index (χ3v) is 0. The topological polar surface area (TPSA) is 17.1 Å². The molecule has 1 unspecified atom stereocenters. The first-order valence-electron chi connectivity index (χ1n) is 1.20. The van der Waals surface area contributed by atoms with Crippen molar-refractivity contribution in [2.75, 3.05) is 6.66 Å². The van der Waals surface area contributed by atoms with Gasteiger partial charge in [-0.25, -0.2) is 0 Å². The normalized spacial score (nSPS) is 15.8. The summed E-state index contributed by atoms with van der Waals surface area (Å²) >= 11 is 0.895. The van der Waals surface area contributed by atoms with Crippen LogP contribution in [-0.4, -0.2) is 34.0 Å². The molecule has 0 fully saturated rings. The molecule has 0 heterocycles. The van der Waals surface area contributed by atoms with Crippen LogP contribution in [0.4, 0.5) is 0 Å². The van der Waals surface area contributed by atoms with Gasteiger partial charge in [-0.15, -0.1) is 0 Å². The molecule has 0 aromatic carbocycles. The molecule has 0 aromatic heterocycles. The summed E-state index contributed by atoms with van der Waals surface area (Å²) < 4.78 is 8.70. The van der Waals surface area contributed by atoms with Crippen LogP contribution in [0, 0.1) is 0 Å². The zero-order valence-electron chi connectivity index (χ0n) is 2.91. The van der Waals surface area contributed by atoms with E-state index in [1.165, 1.54) is 0 Å². The average molecular weight is 86.0 g/mol. The Balaban J connectivity index is 2.80. The van der Waals surface area contributed by atoms with Crippen LogP contribution in [0.5, 0.6) is 0 Å². The van der Waals surface area contributed by atoms with Gasteiger partial charge in [0, 0.05) is 0 Å². The fraction of sp³-hybridized carbons (Fsp3) is 1.00. The fourth-order valence-electron chi connectivity index (χ4n) is 0. The summed E-state index contributed by atoms with van der Waals surface area (Å²) in [4.78, 5) is 0. The molecule has 0 aliphatic carbocycles. The Kier molecular flexibility index (Phi) is 3.22. The Hall–Kier alpha value is 1.23. The molecule has 0 N–H and O–H groups in total. The summed E-state index contributed by atoms with van der Waals surface area (Å²) in [6, 6.07) is 0. The van der Waals surface area contributed by atoms with E-state index < -0.39 is 4.56 Å². The first kappa shape index (κ1) is 5.23. The summed E-state index contributed by atoms with van der Waals surface area (Å²) in [6.07, 6.45) is 0. The van der Waals surface area contributed by atoms with Crippen LogP contribution in [0.2, 0.25) is 0 Å². The van der Waals surface area contributed by atoms with Crippen molar-refractivity contribution in [2.24, 2.45) is 0 Å². The van der Waals surface area contributed by atoms with Crippen molar-refractivity contribution in [2.45, 2.75) is 0 Å². The molecule has 0 spiro atoms. The van der Waals surface area contributed by atoms with Crippen LogP contribution in [-0.2, 0) is 4.57 Å². The Bertz CT molecular complexity index is 31.0. The van der Waals surface area contributed by atoms with Crippen LogP contribution < -0.4 is 0 Å². The van der Waals surface area contributed by atoms with Crippen LogP contribution in [0.15, 0.2) is 0 Å². The minimum absolute atomic E-state index is 0.895. The molecular formula is CH4NaOP. The summed E-state index contributed by atoms with van der Waals surface area (Å²) in [5.41, 5.74) is 0. The molecular weight excluding hydrogens is 82.0 g/mol. The van der Waals surface area contributed by atoms with Crippen molar-refractivity contribution < 1.29 is 4.57 Å². The molecule has 0 aromatic rings. The number of hydrogen-bond acceptors (Lipinski definition) is 1. The van der Waals surface area contributed by atoms with Crippen LogP contribution in [0.25, 0.3) is 0 Å². The van der Waals surface area contributed by atoms with E-state index in [0.29, 0.717) is 0 Å². The molecule has 0 saturated carbocycles. The Labute approximate surface area is 43.1 Å². The average Bonchev–Trinajstić information content (AvgIpc) is 0.811. The Morgan fingerprint density at radius 2 is 2.00 bits per heavy atom. The molecule has 0 radical (unpaired) electrons. The summed E-state index contributed by atoms with van der Waals surface area (Å²) in [7, 11) is 0. The predicted molar refractivity (Wildman–Crippen MR) is 20.7 cm³/mol. The molecule has 1 nitrogen and oxygen atoms in total. The third-order valence-electron chi connectivity index (χ3n) is 0. The van der Waals surface area contributed by atoms with Gasteiger partial charge in [-0.3, -0.25) is 0 Å². The van der Waals surface area contributed by atoms with Crippen molar-refractivity contribution >= 4 is 31.9 Å². The van der Waals surface area contributed by atoms with Crippen molar-refractivity contribution in [3.8, 4) is 0 Å². The molecule has 0 saturated heterocycles. The maximum atomic E-state index is 9.69. The zero-order chi connectivity index (χ0) is 3.58. The number of hydrogen-bond donors (Lipinski definition) is 0. The van der Waals surface area contributed by atoms with Gasteiger partial charge in [0.2, 0.25) is 0 Å². The quantitative estimate of drug-likeness (QED) is 0.305. The van der Waals surface area contributed by atoms with E-state index in [0.717, 1.165) is 27.3 Å². The third kappa shape index (κ3) is 10.6. The predicted octanol–water partition coefficient (Wildman–Crippen LogP) is 0.259. The van der Waals surface area contributed by atoms with Crippen molar-refractivity contribution in [1.29, 1.82) is 0 Å². The molecule has 0 rings (SSSR count). The first-order chi connectivity index (χ1) is 1.73. The molecule has 0 aliphatic heterocycles. The molecule has 0 bridgehead atoms. The Morgan fingerprint density at radius 3 is 2.00 bits per heavy atom. The van der Waals surface area contributed by atoms with E-state index in [1.807, 2.05) is 0 Å². The Morgan fingerprint density at radius 1 is 2.00 bits per heavy atom. The second kappa shape index (κ2) is 2.47. The maximum absolute atomic E-state index is 9.69. The minimum atomic E-state index is -0.991. The van der Waals surface area contributed by atoms with Gasteiger partial charge in [0.05, 0.1) is 0 Å². The van der Waals surface area contributed by atoms with E-state index in [9.17, 15) is 4.57 Å². The first-order valence-corrected chi connectivity index (χ1v) is 6.61. The molecule has 1 atom stereocenters. The summed E-state index contributed by atoms with van der Waals surface area (Å²) in [6.45, 7) is 1.77. The van der Waals surface area contributed by atoms with Gasteiger partial charge in [0.25, 0.3) is 0 Å². The van der Waals surface area contributed by atoms with Gasteiger partial charge < -0.3 is 0 Å². The van der Waals surface area contributed by atoms with Gasteiger partial charge in [-0.2, -0.15) is 0 Å².